The van der Waals surface area contributed by atoms with Crippen molar-refractivity contribution in [3.63, 3.8) is 0 Å². The molecule has 0 aromatic heterocycles. The third kappa shape index (κ3) is 2.95. The predicted molar refractivity (Wildman–Crippen MR) is 89.3 cm³/mol. The first-order valence-electron chi connectivity index (χ1n) is 7.71. The number of carbonyl (C=O) groups excluding carboxylic acids is 1. The quantitative estimate of drug-likeness (QED) is 0.869. The molecule has 0 heterocycles. The molecule has 112 valence electrons. The number of carbonyl (C=O) groups is 1. The monoisotopic (exact) mass is 302 g/mol. The van der Waals surface area contributed by atoms with Crippen LogP contribution in [0.4, 0.5) is 5.69 Å². The average molecular weight is 302 g/mol. The molecule has 3 rings (SSSR count). The molecule has 21 heavy (non-hydrogen) atoms. The van der Waals surface area contributed by atoms with Crippen LogP contribution in [-0.4, -0.2) is 17.9 Å². The Hall–Kier alpha value is -1.42. The molecule has 0 aliphatic heterocycles. The lowest BCUT2D eigenvalue weighted by Gasteiger charge is -2.24. The molecule has 1 aromatic rings. The normalized spacial score (nSPS) is 26.8. The second kappa shape index (κ2) is 5.76. The van der Waals surface area contributed by atoms with Crippen molar-refractivity contribution in [1.82, 2.24) is 0 Å². The van der Waals surface area contributed by atoms with Crippen LogP contribution in [0, 0.1) is 17.8 Å². The fourth-order valence-electron chi connectivity index (χ4n) is 4.00. The van der Waals surface area contributed by atoms with Crippen molar-refractivity contribution >= 4 is 28.8 Å². The van der Waals surface area contributed by atoms with Crippen LogP contribution in [0.15, 0.2) is 24.3 Å². The van der Waals surface area contributed by atoms with Gasteiger partial charge in [-0.3, -0.25) is 4.79 Å². The zero-order chi connectivity index (χ0) is 15.0. The number of hydrogen-bond acceptors (Lipinski definition) is 2. The fraction of sp³-hybridized carbons (Fsp3) is 0.529. The maximum atomic E-state index is 12.5. The summed E-state index contributed by atoms with van der Waals surface area (Å²) in [6.45, 7) is 0. The van der Waals surface area contributed by atoms with Gasteiger partial charge in [-0.05, 0) is 49.1 Å². The first-order chi connectivity index (χ1) is 10.0. The Bertz CT molecular complexity index is 572. The van der Waals surface area contributed by atoms with Gasteiger partial charge >= 0.3 is 0 Å². The fourth-order valence-corrected chi connectivity index (χ4v) is 4.13. The zero-order valence-corrected chi connectivity index (χ0v) is 13.2. The van der Waals surface area contributed by atoms with Gasteiger partial charge in [0.05, 0.1) is 0 Å². The van der Waals surface area contributed by atoms with E-state index in [1.807, 2.05) is 31.3 Å². The number of hydrogen-bond donors (Lipinski definition) is 1. The van der Waals surface area contributed by atoms with Crippen molar-refractivity contribution in [3.05, 3.63) is 29.8 Å². The minimum atomic E-state index is 0.202. The summed E-state index contributed by atoms with van der Waals surface area (Å²) in [6, 6.07) is 7.59. The Morgan fingerprint density at radius 1 is 1.38 bits per heavy atom. The minimum absolute atomic E-state index is 0.202. The highest BCUT2D eigenvalue weighted by Gasteiger charge is 2.40. The van der Waals surface area contributed by atoms with E-state index in [0.717, 1.165) is 23.1 Å². The molecule has 3 atom stereocenters. The van der Waals surface area contributed by atoms with Gasteiger partial charge in [0, 0.05) is 24.7 Å². The molecule has 1 aromatic carbocycles. The van der Waals surface area contributed by atoms with Gasteiger partial charge in [0.1, 0.15) is 4.99 Å². The molecule has 1 amide bonds. The highest BCUT2D eigenvalue weighted by atomic mass is 32.1. The van der Waals surface area contributed by atoms with E-state index in [9.17, 15) is 4.79 Å². The van der Waals surface area contributed by atoms with Crippen molar-refractivity contribution in [1.29, 1.82) is 0 Å². The summed E-state index contributed by atoms with van der Waals surface area (Å²) in [5, 5.41) is 0. The topological polar surface area (TPSA) is 46.3 Å². The first kappa shape index (κ1) is 14.5. The van der Waals surface area contributed by atoms with Gasteiger partial charge in [0.25, 0.3) is 0 Å². The van der Waals surface area contributed by atoms with Gasteiger partial charge in [-0.1, -0.05) is 30.8 Å². The van der Waals surface area contributed by atoms with Crippen LogP contribution >= 0.6 is 12.2 Å². The third-order valence-electron chi connectivity index (χ3n) is 5.21. The van der Waals surface area contributed by atoms with E-state index in [2.05, 4.69) is 0 Å². The molecular weight excluding hydrogens is 280 g/mol. The molecule has 3 nitrogen and oxygen atoms in total. The number of amides is 1. The molecule has 0 saturated heterocycles. The Balaban J connectivity index is 1.67. The number of fused-ring (bicyclic) bond motifs is 2. The molecule has 2 saturated carbocycles. The number of thiocarbonyl (C=S) groups is 1. The largest absolute Gasteiger partial charge is 0.389 e. The summed E-state index contributed by atoms with van der Waals surface area (Å²) in [5.41, 5.74) is 7.34. The summed E-state index contributed by atoms with van der Waals surface area (Å²) in [5.74, 6) is 2.47. The molecule has 2 aliphatic carbocycles. The van der Waals surface area contributed by atoms with E-state index in [-0.39, 0.29) is 5.91 Å². The van der Waals surface area contributed by atoms with Crippen molar-refractivity contribution in [2.45, 2.75) is 32.1 Å². The lowest BCUT2D eigenvalue weighted by atomic mass is 9.86. The SMILES string of the molecule is CN(C(=O)CC1CC2CCC1C2)c1cccc(C(N)=S)c1. The van der Waals surface area contributed by atoms with Gasteiger partial charge in [-0.2, -0.15) is 0 Å². The Morgan fingerprint density at radius 2 is 2.19 bits per heavy atom. The van der Waals surface area contributed by atoms with Crippen LogP contribution in [0.25, 0.3) is 0 Å². The lowest BCUT2D eigenvalue weighted by Crippen LogP contribution is -2.29. The van der Waals surface area contributed by atoms with Crippen LogP contribution in [-0.2, 0) is 4.79 Å². The molecule has 2 bridgehead atoms. The molecular formula is C17H22N2OS. The maximum Gasteiger partial charge on any atom is 0.227 e. The Labute approximate surface area is 131 Å². The Kier molecular flexibility index (Phi) is 3.98. The molecule has 4 heteroatoms. The van der Waals surface area contributed by atoms with Crippen molar-refractivity contribution in [3.8, 4) is 0 Å². The number of rotatable bonds is 4. The third-order valence-corrected chi connectivity index (χ3v) is 5.45. The number of nitrogens with zero attached hydrogens (tertiary/aromatic N) is 1. The lowest BCUT2D eigenvalue weighted by molar-refractivity contribution is -0.119. The number of nitrogens with two attached hydrogens (primary N) is 1. The van der Waals surface area contributed by atoms with Gasteiger partial charge in [-0.25, -0.2) is 0 Å². The van der Waals surface area contributed by atoms with Crippen molar-refractivity contribution in [2.75, 3.05) is 11.9 Å². The first-order valence-corrected chi connectivity index (χ1v) is 8.12. The highest BCUT2D eigenvalue weighted by Crippen LogP contribution is 2.49. The van der Waals surface area contributed by atoms with Gasteiger partial charge in [-0.15, -0.1) is 0 Å². The van der Waals surface area contributed by atoms with E-state index in [1.165, 1.54) is 25.7 Å². The summed E-state index contributed by atoms with van der Waals surface area (Å²) in [7, 11) is 1.84. The average Bonchev–Trinajstić information content (AvgIpc) is 3.09. The van der Waals surface area contributed by atoms with Gasteiger partial charge in [0.2, 0.25) is 5.91 Å². The molecule has 0 radical (unpaired) electrons. The van der Waals surface area contributed by atoms with Crippen LogP contribution in [0.5, 0.6) is 0 Å². The maximum absolute atomic E-state index is 12.5. The van der Waals surface area contributed by atoms with Crippen LogP contribution in [0.1, 0.15) is 37.7 Å². The van der Waals surface area contributed by atoms with Crippen LogP contribution in [0.2, 0.25) is 0 Å². The molecule has 2 N–H and O–H groups in total. The van der Waals surface area contributed by atoms with Crippen LogP contribution < -0.4 is 10.6 Å². The molecule has 0 spiro atoms. The van der Waals surface area contributed by atoms with E-state index < -0.39 is 0 Å². The van der Waals surface area contributed by atoms with Crippen molar-refractivity contribution in [2.24, 2.45) is 23.5 Å². The van der Waals surface area contributed by atoms with Crippen LogP contribution in [0.3, 0.4) is 0 Å². The van der Waals surface area contributed by atoms with Crippen molar-refractivity contribution < 1.29 is 4.79 Å². The molecule has 3 unspecified atom stereocenters. The smallest absolute Gasteiger partial charge is 0.227 e. The summed E-state index contributed by atoms with van der Waals surface area (Å²) in [4.78, 5) is 14.6. The summed E-state index contributed by atoms with van der Waals surface area (Å²) >= 11 is 5.00. The van der Waals surface area contributed by atoms with Gasteiger partial charge < -0.3 is 10.6 Å². The van der Waals surface area contributed by atoms with E-state index >= 15 is 0 Å². The number of benzene rings is 1. The minimum Gasteiger partial charge on any atom is -0.389 e. The summed E-state index contributed by atoms with van der Waals surface area (Å²) < 4.78 is 0. The highest BCUT2D eigenvalue weighted by molar-refractivity contribution is 7.80. The number of anilines is 1. The molecule has 2 aliphatic rings. The van der Waals surface area contributed by atoms with E-state index in [4.69, 9.17) is 18.0 Å². The second-order valence-corrected chi connectivity index (χ2v) is 6.95. The summed E-state index contributed by atoms with van der Waals surface area (Å²) in [6.07, 6.45) is 5.97. The second-order valence-electron chi connectivity index (χ2n) is 6.51. The van der Waals surface area contributed by atoms with Gasteiger partial charge in [0.15, 0.2) is 0 Å². The predicted octanol–water partition coefficient (Wildman–Crippen LogP) is 3.11. The van der Waals surface area contributed by atoms with E-state index in [0.29, 0.717) is 17.3 Å². The molecule has 2 fully saturated rings. The Morgan fingerprint density at radius 3 is 2.81 bits per heavy atom. The standard InChI is InChI=1S/C17H22N2OS/c1-19(15-4-2-3-13(9-15)17(18)21)16(20)10-14-8-11-5-6-12(14)7-11/h2-4,9,11-12,14H,5-8,10H2,1H3,(H2,18,21). The zero-order valence-electron chi connectivity index (χ0n) is 12.4. The van der Waals surface area contributed by atoms with E-state index in [1.54, 1.807) is 4.90 Å².